The Kier molecular flexibility index (Phi) is 4.03. The zero-order valence-corrected chi connectivity index (χ0v) is 13.9. The summed E-state index contributed by atoms with van der Waals surface area (Å²) in [6.07, 6.45) is 1.99. The molecule has 5 nitrogen and oxygen atoms in total. The number of nitrogen functional groups attached to an aromatic ring is 1. The molecule has 0 aliphatic carbocycles. The normalized spacial score (nSPS) is 13.3. The summed E-state index contributed by atoms with van der Waals surface area (Å²) >= 11 is 0. The number of hydrogen-bond acceptors (Lipinski definition) is 4. The number of benzene rings is 2. The second-order valence-electron chi connectivity index (χ2n) is 7.21. The van der Waals surface area contributed by atoms with Gasteiger partial charge in [0.1, 0.15) is 0 Å². The van der Waals surface area contributed by atoms with E-state index in [1.807, 2.05) is 12.1 Å². The van der Waals surface area contributed by atoms with Crippen molar-refractivity contribution in [3.05, 3.63) is 47.8 Å². The van der Waals surface area contributed by atoms with E-state index in [1.165, 1.54) is 0 Å². The lowest BCUT2D eigenvalue weighted by molar-refractivity contribution is 0.354. The zero-order chi connectivity index (χ0) is 16.4. The van der Waals surface area contributed by atoms with Gasteiger partial charge in [0.15, 0.2) is 5.82 Å². The maximum absolute atomic E-state index is 6.48. The van der Waals surface area contributed by atoms with Gasteiger partial charge in [0.2, 0.25) is 0 Å². The topological polar surface area (TPSA) is 80.5 Å². The van der Waals surface area contributed by atoms with Gasteiger partial charge < -0.3 is 5.73 Å². The van der Waals surface area contributed by atoms with Gasteiger partial charge in [0.05, 0.1) is 0 Å². The van der Waals surface area contributed by atoms with Gasteiger partial charge in [0.25, 0.3) is 0 Å². The Morgan fingerprint density at radius 1 is 1.13 bits per heavy atom. The highest BCUT2D eigenvalue weighted by Gasteiger charge is 2.24. The van der Waals surface area contributed by atoms with E-state index < -0.39 is 0 Å². The third-order valence-corrected chi connectivity index (χ3v) is 4.24. The summed E-state index contributed by atoms with van der Waals surface area (Å²) < 4.78 is 0. The molecule has 0 saturated heterocycles. The highest BCUT2D eigenvalue weighted by molar-refractivity contribution is 5.94. The van der Waals surface area contributed by atoms with Crippen LogP contribution in [0.4, 0.5) is 5.69 Å². The number of tetrazole rings is 1. The number of nitrogens with two attached hydrogens (primary N) is 1. The third-order valence-electron chi connectivity index (χ3n) is 4.24. The first-order chi connectivity index (χ1) is 11.0. The molecule has 0 spiro atoms. The highest BCUT2D eigenvalue weighted by atomic mass is 15.5. The lowest BCUT2D eigenvalue weighted by atomic mass is 9.83. The van der Waals surface area contributed by atoms with Crippen LogP contribution in [0.5, 0.6) is 0 Å². The molecule has 0 fully saturated rings. The minimum atomic E-state index is 0.0533. The minimum absolute atomic E-state index is 0.0533. The molecule has 0 amide bonds. The van der Waals surface area contributed by atoms with Crippen molar-refractivity contribution in [1.82, 2.24) is 20.6 Å². The van der Waals surface area contributed by atoms with Crippen LogP contribution in [0.25, 0.3) is 10.8 Å². The number of fused-ring (bicyclic) bond motifs is 1. The van der Waals surface area contributed by atoms with E-state index in [0.717, 1.165) is 34.9 Å². The minimum Gasteiger partial charge on any atom is -0.398 e. The number of anilines is 1. The number of nitrogens with one attached hydrogen (secondary N) is 1. The summed E-state index contributed by atoms with van der Waals surface area (Å²) in [6.45, 7) is 6.72. The fourth-order valence-electron chi connectivity index (χ4n) is 2.93. The molecule has 1 aromatic heterocycles. The van der Waals surface area contributed by atoms with Crippen LogP contribution in [-0.4, -0.2) is 20.6 Å². The van der Waals surface area contributed by atoms with Gasteiger partial charge in [-0.1, -0.05) is 62.4 Å². The van der Waals surface area contributed by atoms with Gasteiger partial charge in [-0.3, -0.25) is 0 Å². The summed E-state index contributed by atoms with van der Waals surface area (Å²) in [5, 5.41) is 16.9. The van der Waals surface area contributed by atoms with Crippen molar-refractivity contribution in [2.45, 2.75) is 39.5 Å². The molecular formula is C18H23N5. The molecule has 23 heavy (non-hydrogen) atoms. The predicted octanol–water partition coefficient (Wildman–Crippen LogP) is 3.89. The molecule has 5 heteroatoms. The van der Waals surface area contributed by atoms with Gasteiger partial charge in [-0.15, -0.1) is 10.2 Å². The van der Waals surface area contributed by atoms with E-state index in [-0.39, 0.29) is 11.3 Å². The van der Waals surface area contributed by atoms with Gasteiger partial charge >= 0.3 is 0 Å². The number of H-pyrrole nitrogens is 1. The Labute approximate surface area is 136 Å². The Morgan fingerprint density at radius 2 is 1.91 bits per heavy atom. The standard InChI is InChI=1S/C18H23N5/c1-18(2,3)11-10-15(17-20-22-23-21-17)14-9-8-12-6-4-5-7-13(12)16(14)19/h4-9,15H,10-11,19H2,1-3H3,(H,20,21,22,23). The maximum Gasteiger partial charge on any atom is 0.182 e. The second kappa shape index (κ2) is 5.99. The summed E-state index contributed by atoms with van der Waals surface area (Å²) in [5.74, 6) is 0.758. The van der Waals surface area contributed by atoms with Crippen molar-refractivity contribution in [1.29, 1.82) is 0 Å². The van der Waals surface area contributed by atoms with Crippen molar-refractivity contribution in [3.63, 3.8) is 0 Å². The Balaban J connectivity index is 2.04. The van der Waals surface area contributed by atoms with Crippen molar-refractivity contribution < 1.29 is 0 Å². The molecule has 0 radical (unpaired) electrons. The van der Waals surface area contributed by atoms with Crippen molar-refractivity contribution in [3.8, 4) is 0 Å². The first-order valence-electron chi connectivity index (χ1n) is 7.96. The smallest absolute Gasteiger partial charge is 0.182 e. The largest absolute Gasteiger partial charge is 0.398 e. The van der Waals surface area contributed by atoms with E-state index in [1.54, 1.807) is 0 Å². The highest BCUT2D eigenvalue weighted by Crippen LogP contribution is 2.37. The fourth-order valence-corrected chi connectivity index (χ4v) is 2.93. The molecule has 0 bridgehead atoms. The molecule has 3 aromatic rings. The van der Waals surface area contributed by atoms with Crippen LogP contribution in [0.1, 0.15) is 50.9 Å². The Hall–Kier alpha value is -2.43. The van der Waals surface area contributed by atoms with E-state index in [9.17, 15) is 0 Å². The number of hydrogen-bond donors (Lipinski definition) is 2. The summed E-state index contributed by atoms with van der Waals surface area (Å²) in [5.41, 5.74) is 8.61. The molecule has 1 unspecified atom stereocenters. The number of rotatable bonds is 4. The number of aromatic amines is 1. The van der Waals surface area contributed by atoms with Crippen LogP contribution in [0.15, 0.2) is 36.4 Å². The average Bonchev–Trinajstić information content (AvgIpc) is 3.03. The Morgan fingerprint density at radius 3 is 2.61 bits per heavy atom. The fraction of sp³-hybridized carbons (Fsp3) is 0.389. The van der Waals surface area contributed by atoms with Crippen LogP contribution >= 0.6 is 0 Å². The SMILES string of the molecule is CC(C)(C)CCC(c1nn[nH]n1)c1ccc2ccccc2c1N. The molecule has 120 valence electrons. The average molecular weight is 309 g/mol. The maximum atomic E-state index is 6.48. The van der Waals surface area contributed by atoms with Gasteiger partial charge in [-0.2, -0.15) is 5.21 Å². The van der Waals surface area contributed by atoms with E-state index in [2.05, 4.69) is 65.7 Å². The molecule has 1 heterocycles. The van der Waals surface area contributed by atoms with Crippen molar-refractivity contribution >= 4 is 16.5 Å². The monoisotopic (exact) mass is 309 g/mol. The zero-order valence-electron chi connectivity index (χ0n) is 13.9. The first kappa shape index (κ1) is 15.5. The van der Waals surface area contributed by atoms with E-state index in [0.29, 0.717) is 5.82 Å². The van der Waals surface area contributed by atoms with Crippen LogP contribution in [0.3, 0.4) is 0 Å². The first-order valence-corrected chi connectivity index (χ1v) is 7.96. The van der Waals surface area contributed by atoms with E-state index in [4.69, 9.17) is 5.73 Å². The van der Waals surface area contributed by atoms with Crippen LogP contribution in [0, 0.1) is 5.41 Å². The molecule has 1 atom stereocenters. The number of aromatic nitrogens is 4. The lowest BCUT2D eigenvalue weighted by Crippen LogP contribution is -2.12. The number of nitrogens with zero attached hydrogens (tertiary/aromatic N) is 3. The van der Waals surface area contributed by atoms with Crippen LogP contribution < -0.4 is 5.73 Å². The summed E-state index contributed by atoms with van der Waals surface area (Å²) in [7, 11) is 0. The van der Waals surface area contributed by atoms with Crippen LogP contribution in [0.2, 0.25) is 0 Å². The third kappa shape index (κ3) is 3.33. The molecule has 0 saturated carbocycles. The second-order valence-corrected chi connectivity index (χ2v) is 7.21. The van der Waals surface area contributed by atoms with Crippen molar-refractivity contribution in [2.75, 3.05) is 5.73 Å². The lowest BCUT2D eigenvalue weighted by Gasteiger charge is -2.23. The Bertz CT molecular complexity index is 787. The molecule has 0 aliphatic rings. The molecule has 3 N–H and O–H groups in total. The van der Waals surface area contributed by atoms with Crippen molar-refractivity contribution in [2.24, 2.45) is 5.41 Å². The summed E-state index contributed by atoms with van der Waals surface area (Å²) in [4.78, 5) is 0. The quantitative estimate of drug-likeness (QED) is 0.716. The molecule has 0 aliphatic heterocycles. The van der Waals surface area contributed by atoms with E-state index >= 15 is 0 Å². The van der Waals surface area contributed by atoms with Gasteiger partial charge in [0, 0.05) is 17.0 Å². The molecular weight excluding hydrogens is 286 g/mol. The van der Waals surface area contributed by atoms with Crippen LogP contribution in [-0.2, 0) is 0 Å². The molecule has 3 rings (SSSR count). The summed E-state index contributed by atoms with van der Waals surface area (Å²) in [6, 6.07) is 12.4. The molecule has 2 aromatic carbocycles. The van der Waals surface area contributed by atoms with Gasteiger partial charge in [-0.25, -0.2) is 0 Å². The van der Waals surface area contributed by atoms with Gasteiger partial charge in [-0.05, 0) is 29.2 Å². The predicted molar refractivity (Wildman–Crippen MR) is 93.1 cm³/mol.